The SMILES string of the molecule is COc1cccc(CN2CCCN(C(=O)c3ccc(CS(=O)(=O)c4cccc5cccnc45)cc3)CC2)c1O. The zero-order valence-corrected chi connectivity index (χ0v) is 22.6. The van der Waals surface area contributed by atoms with Crippen molar-refractivity contribution in [2.45, 2.75) is 23.6 Å². The predicted octanol–water partition coefficient (Wildman–Crippen LogP) is 4.27. The number of amides is 1. The summed E-state index contributed by atoms with van der Waals surface area (Å²) < 4.78 is 31.6. The van der Waals surface area contributed by atoms with E-state index in [0.29, 0.717) is 48.6 Å². The van der Waals surface area contributed by atoms with Gasteiger partial charge in [-0.3, -0.25) is 14.7 Å². The molecular formula is C30H31N3O5S. The van der Waals surface area contributed by atoms with Crippen LogP contribution >= 0.6 is 0 Å². The molecule has 0 spiro atoms. The fourth-order valence-corrected chi connectivity index (χ4v) is 6.52. The molecule has 5 rings (SSSR count). The maximum atomic E-state index is 13.2. The average molecular weight is 546 g/mol. The number of para-hydroxylation sites is 2. The molecule has 202 valence electrons. The molecule has 4 aromatic rings. The molecule has 1 amide bonds. The van der Waals surface area contributed by atoms with E-state index in [2.05, 4.69) is 9.88 Å². The Morgan fingerprint density at radius 3 is 2.51 bits per heavy atom. The van der Waals surface area contributed by atoms with E-state index >= 15 is 0 Å². The summed E-state index contributed by atoms with van der Waals surface area (Å²) in [6.07, 6.45) is 2.40. The number of pyridine rings is 1. The van der Waals surface area contributed by atoms with Gasteiger partial charge in [-0.25, -0.2) is 8.42 Å². The molecular weight excluding hydrogens is 514 g/mol. The van der Waals surface area contributed by atoms with Crippen LogP contribution < -0.4 is 4.74 Å². The normalized spacial score (nSPS) is 14.7. The summed E-state index contributed by atoms with van der Waals surface area (Å²) in [5.74, 6) is 0.348. The molecule has 1 aliphatic heterocycles. The van der Waals surface area contributed by atoms with Crippen molar-refractivity contribution in [1.29, 1.82) is 0 Å². The molecule has 3 aromatic carbocycles. The van der Waals surface area contributed by atoms with Crippen LogP contribution in [0.2, 0.25) is 0 Å². The standard InChI is InChI=1S/C30H31N3O5S/c1-38-26-9-2-7-25(29(26)34)20-32-16-5-17-33(19-18-32)30(35)24-13-11-22(12-14-24)21-39(36,37)27-10-3-6-23-8-4-15-31-28(23)27/h2-4,6-15,34H,5,16-21H2,1H3. The van der Waals surface area contributed by atoms with Gasteiger partial charge in [0.05, 0.1) is 23.3 Å². The van der Waals surface area contributed by atoms with Crippen LogP contribution in [0.3, 0.4) is 0 Å². The Kier molecular flexibility index (Phi) is 7.81. The molecule has 0 unspecified atom stereocenters. The number of carbonyl (C=O) groups is 1. The fourth-order valence-electron chi connectivity index (χ4n) is 4.98. The number of ether oxygens (including phenoxy) is 1. The number of fused-ring (bicyclic) bond motifs is 1. The quantitative estimate of drug-likeness (QED) is 0.370. The molecule has 8 nitrogen and oxygen atoms in total. The minimum absolute atomic E-state index is 0.0752. The smallest absolute Gasteiger partial charge is 0.253 e. The summed E-state index contributed by atoms with van der Waals surface area (Å²) in [6.45, 7) is 3.25. The molecule has 39 heavy (non-hydrogen) atoms. The van der Waals surface area contributed by atoms with Crippen molar-refractivity contribution >= 4 is 26.6 Å². The largest absolute Gasteiger partial charge is 0.504 e. The zero-order valence-electron chi connectivity index (χ0n) is 21.8. The van der Waals surface area contributed by atoms with E-state index in [1.54, 1.807) is 54.7 Å². The highest BCUT2D eigenvalue weighted by Crippen LogP contribution is 2.30. The Balaban J connectivity index is 1.23. The van der Waals surface area contributed by atoms with Gasteiger partial charge in [0.2, 0.25) is 0 Å². The first kappa shape index (κ1) is 26.6. The second-order valence-electron chi connectivity index (χ2n) is 9.68. The topological polar surface area (TPSA) is 100 Å². The maximum absolute atomic E-state index is 13.2. The molecule has 0 aliphatic carbocycles. The molecule has 1 aromatic heterocycles. The van der Waals surface area contributed by atoms with Gasteiger partial charge in [-0.05, 0) is 42.3 Å². The number of aromatic nitrogens is 1. The van der Waals surface area contributed by atoms with Crippen LogP contribution in [0.5, 0.6) is 11.5 Å². The number of rotatable bonds is 7. The van der Waals surface area contributed by atoms with Gasteiger partial charge in [0.15, 0.2) is 21.3 Å². The van der Waals surface area contributed by atoms with Crippen LogP contribution in [0.15, 0.2) is 83.9 Å². The van der Waals surface area contributed by atoms with E-state index in [9.17, 15) is 18.3 Å². The van der Waals surface area contributed by atoms with Gasteiger partial charge in [-0.15, -0.1) is 0 Å². The second-order valence-corrected chi connectivity index (χ2v) is 11.6. The highest BCUT2D eigenvalue weighted by molar-refractivity contribution is 7.90. The summed E-state index contributed by atoms with van der Waals surface area (Å²) in [7, 11) is -2.10. The highest BCUT2D eigenvalue weighted by atomic mass is 32.2. The highest BCUT2D eigenvalue weighted by Gasteiger charge is 2.23. The number of benzene rings is 3. The molecule has 1 saturated heterocycles. The number of aromatic hydroxyl groups is 1. The van der Waals surface area contributed by atoms with Gasteiger partial charge in [0.25, 0.3) is 5.91 Å². The monoisotopic (exact) mass is 545 g/mol. The third kappa shape index (κ3) is 5.89. The van der Waals surface area contributed by atoms with E-state index in [4.69, 9.17) is 4.74 Å². The summed E-state index contributed by atoms with van der Waals surface area (Å²) in [4.78, 5) is 21.8. The summed E-state index contributed by atoms with van der Waals surface area (Å²) in [5, 5.41) is 11.2. The maximum Gasteiger partial charge on any atom is 0.253 e. The summed E-state index contributed by atoms with van der Waals surface area (Å²) in [6, 6.07) is 21.0. The van der Waals surface area contributed by atoms with E-state index in [-0.39, 0.29) is 22.3 Å². The van der Waals surface area contributed by atoms with Crippen LogP contribution in [-0.4, -0.2) is 67.5 Å². The molecule has 0 bridgehead atoms. The Hall–Kier alpha value is -3.95. The van der Waals surface area contributed by atoms with Crippen molar-refractivity contribution in [1.82, 2.24) is 14.8 Å². The van der Waals surface area contributed by atoms with Gasteiger partial charge in [-0.2, -0.15) is 0 Å². The first-order valence-corrected chi connectivity index (χ1v) is 14.5. The Morgan fingerprint density at radius 1 is 0.949 bits per heavy atom. The molecule has 2 heterocycles. The van der Waals surface area contributed by atoms with Crippen LogP contribution in [0.25, 0.3) is 10.9 Å². The minimum atomic E-state index is -3.63. The summed E-state index contributed by atoms with van der Waals surface area (Å²) >= 11 is 0. The number of phenols is 1. The Labute approximate surface area is 228 Å². The van der Waals surface area contributed by atoms with Gasteiger partial charge >= 0.3 is 0 Å². The van der Waals surface area contributed by atoms with Crippen LogP contribution in [0.1, 0.15) is 27.9 Å². The number of hydrogen-bond acceptors (Lipinski definition) is 7. The van der Waals surface area contributed by atoms with Crippen LogP contribution in [-0.2, 0) is 22.1 Å². The van der Waals surface area contributed by atoms with Gasteiger partial charge in [-0.1, -0.05) is 42.5 Å². The first-order valence-electron chi connectivity index (χ1n) is 12.9. The van der Waals surface area contributed by atoms with E-state index < -0.39 is 9.84 Å². The third-order valence-corrected chi connectivity index (χ3v) is 8.77. The Morgan fingerprint density at radius 2 is 1.72 bits per heavy atom. The van der Waals surface area contributed by atoms with Gasteiger partial charge in [0.1, 0.15) is 0 Å². The number of nitrogens with zero attached hydrogens (tertiary/aromatic N) is 3. The lowest BCUT2D eigenvalue weighted by Gasteiger charge is -2.22. The number of hydrogen-bond donors (Lipinski definition) is 1. The minimum Gasteiger partial charge on any atom is -0.504 e. The number of sulfone groups is 1. The molecule has 9 heteroatoms. The van der Waals surface area contributed by atoms with Gasteiger partial charge in [0, 0.05) is 55.4 Å². The molecule has 0 atom stereocenters. The number of phenolic OH excluding ortho intramolecular Hbond substituents is 1. The van der Waals surface area contributed by atoms with Gasteiger partial charge < -0.3 is 14.7 Å². The molecule has 0 radical (unpaired) electrons. The lowest BCUT2D eigenvalue weighted by Crippen LogP contribution is -2.35. The zero-order chi connectivity index (χ0) is 27.4. The number of methoxy groups -OCH3 is 1. The fraction of sp³-hybridized carbons (Fsp3) is 0.267. The summed E-state index contributed by atoms with van der Waals surface area (Å²) in [5.41, 5.74) is 2.39. The number of carbonyl (C=O) groups excluding carboxylic acids is 1. The first-order chi connectivity index (χ1) is 18.9. The van der Waals surface area contributed by atoms with Crippen molar-refractivity contribution in [3.63, 3.8) is 0 Å². The predicted molar refractivity (Wildman–Crippen MR) is 150 cm³/mol. The molecule has 1 fully saturated rings. The van der Waals surface area contributed by atoms with Crippen LogP contribution in [0.4, 0.5) is 0 Å². The van der Waals surface area contributed by atoms with Crippen molar-refractivity contribution < 1.29 is 23.1 Å². The molecule has 1 N–H and O–H groups in total. The van der Waals surface area contributed by atoms with Crippen molar-refractivity contribution in [3.8, 4) is 11.5 Å². The van der Waals surface area contributed by atoms with Crippen LogP contribution in [0, 0.1) is 0 Å². The Bertz CT molecular complexity index is 1580. The lowest BCUT2D eigenvalue weighted by molar-refractivity contribution is 0.0761. The average Bonchev–Trinajstić information content (AvgIpc) is 3.19. The van der Waals surface area contributed by atoms with E-state index in [1.165, 1.54) is 7.11 Å². The van der Waals surface area contributed by atoms with E-state index in [0.717, 1.165) is 23.9 Å². The van der Waals surface area contributed by atoms with Crippen molar-refractivity contribution in [2.24, 2.45) is 0 Å². The van der Waals surface area contributed by atoms with E-state index in [1.807, 2.05) is 29.2 Å². The molecule has 1 aliphatic rings. The lowest BCUT2D eigenvalue weighted by atomic mass is 10.1. The second kappa shape index (κ2) is 11.4. The van der Waals surface area contributed by atoms with Crippen molar-refractivity contribution in [3.05, 3.63) is 95.7 Å². The molecule has 0 saturated carbocycles. The third-order valence-electron chi connectivity index (χ3n) is 7.06. The van der Waals surface area contributed by atoms with Crippen molar-refractivity contribution in [2.75, 3.05) is 33.3 Å².